The van der Waals surface area contributed by atoms with Crippen molar-refractivity contribution in [2.75, 3.05) is 18.0 Å². The molecule has 0 atom stereocenters. The lowest BCUT2D eigenvalue weighted by atomic mass is 10.1. The number of hydrogen-bond acceptors (Lipinski definition) is 2. The molecular weight excluding hydrogens is 345 g/mol. The first-order chi connectivity index (χ1) is 9.93. The molecule has 6 heteroatoms. The Hall–Kier alpha value is -0.750. The first kappa shape index (κ1) is 16.6. The van der Waals surface area contributed by atoms with E-state index in [1.54, 1.807) is 6.07 Å². The summed E-state index contributed by atoms with van der Waals surface area (Å²) in [7, 11) is 0. The quantitative estimate of drug-likeness (QED) is 0.829. The monoisotopic (exact) mass is 364 g/mol. The Morgan fingerprint density at radius 3 is 2.43 bits per heavy atom. The van der Waals surface area contributed by atoms with Crippen molar-refractivity contribution in [2.24, 2.45) is 5.73 Å². The number of nitrogens with zero attached hydrogens (tertiary/aromatic N) is 1. The Bertz CT molecular complexity index is 470. The van der Waals surface area contributed by atoms with Crippen LogP contribution >= 0.6 is 15.9 Å². The fraction of sp³-hybridized carbons (Fsp3) is 0.600. The van der Waals surface area contributed by atoms with E-state index < -0.39 is 11.7 Å². The zero-order valence-corrected chi connectivity index (χ0v) is 13.4. The third-order valence-corrected chi connectivity index (χ3v) is 4.59. The molecule has 0 saturated heterocycles. The molecule has 0 heterocycles. The van der Waals surface area contributed by atoms with E-state index >= 15 is 0 Å². The number of halogens is 4. The summed E-state index contributed by atoms with van der Waals surface area (Å²) in [5.74, 6) is 0. The molecule has 0 radical (unpaired) electrons. The van der Waals surface area contributed by atoms with Gasteiger partial charge in [0.1, 0.15) is 0 Å². The molecule has 1 aromatic carbocycles. The third kappa shape index (κ3) is 4.13. The van der Waals surface area contributed by atoms with Gasteiger partial charge in [-0.1, -0.05) is 12.8 Å². The zero-order valence-electron chi connectivity index (χ0n) is 11.8. The van der Waals surface area contributed by atoms with Gasteiger partial charge in [-0.2, -0.15) is 13.2 Å². The minimum Gasteiger partial charge on any atom is -0.368 e. The first-order valence-electron chi connectivity index (χ1n) is 7.27. The molecule has 1 aliphatic rings. The molecule has 1 saturated carbocycles. The Labute approximate surface area is 131 Å². The van der Waals surface area contributed by atoms with Crippen LogP contribution in [0.2, 0.25) is 0 Å². The minimum atomic E-state index is -4.31. The maximum absolute atomic E-state index is 12.8. The van der Waals surface area contributed by atoms with Crippen LogP contribution in [0.5, 0.6) is 0 Å². The standard InChI is InChI=1S/C15H20BrF3N2/c16-13-10-11(15(17,18)19)6-7-14(13)21(9-3-8-20)12-4-1-2-5-12/h6-7,10,12H,1-5,8-9,20H2. The van der Waals surface area contributed by atoms with Crippen LogP contribution in [0.4, 0.5) is 18.9 Å². The predicted octanol–water partition coefficient (Wildman–Crippen LogP) is 4.57. The Morgan fingerprint density at radius 1 is 1.24 bits per heavy atom. The number of hydrogen-bond donors (Lipinski definition) is 1. The SMILES string of the molecule is NCCCN(c1ccc(C(F)(F)F)cc1Br)C1CCCC1. The van der Waals surface area contributed by atoms with Crippen molar-refractivity contribution in [3.05, 3.63) is 28.2 Å². The molecule has 2 rings (SSSR count). The van der Waals surface area contributed by atoms with Gasteiger partial charge in [0.25, 0.3) is 0 Å². The lowest BCUT2D eigenvalue weighted by Gasteiger charge is -2.32. The van der Waals surface area contributed by atoms with Crippen LogP contribution in [0, 0.1) is 0 Å². The van der Waals surface area contributed by atoms with Gasteiger partial charge in [-0.05, 0) is 59.9 Å². The largest absolute Gasteiger partial charge is 0.416 e. The summed E-state index contributed by atoms with van der Waals surface area (Å²) in [6, 6.07) is 4.30. The highest BCUT2D eigenvalue weighted by molar-refractivity contribution is 9.10. The molecule has 0 unspecified atom stereocenters. The van der Waals surface area contributed by atoms with Crippen LogP contribution in [0.1, 0.15) is 37.7 Å². The van der Waals surface area contributed by atoms with Gasteiger partial charge < -0.3 is 10.6 Å². The van der Waals surface area contributed by atoms with Crippen molar-refractivity contribution in [3.8, 4) is 0 Å². The van der Waals surface area contributed by atoms with Gasteiger partial charge in [-0.25, -0.2) is 0 Å². The maximum atomic E-state index is 12.8. The molecule has 0 aromatic heterocycles. The maximum Gasteiger partial charge on any atom is 0.416 e. The van der Waals surface area contributed by atoms with Crippen molar-refractivity contribution in [1.82, 2.24) is 0 Å². The van der Waals surface area contributed by atoms with E-state index in [4.69, 9.17) is 5.73 Å². The lowest BCUT2D eigenvalue weighted by molar-refractivity contribution is -0.137. The number of anilines is 1. The molecule has 118 valence electrons. The van der Waals surface area contributed by atoms with Gasteiger partial charge in [-0.3, -0.25) is 0 Å². The second-order valence-corrected chi connectivity index (χ2v) is 6.29. The summed E-state index contributed by atoms with van der Waals surface area (Å²) in [5.41, 5.74) is 5.80. The summed E-state index contributed by atoms with van der Waals surface area (Å²) >= 11 is 3.31. The van der Waals surface area contributed by atoms with E-state index in [0.717, 1.165) is 37.6 Å². The predicted molar refractivity (Wildman–Crippen MR) is 82.4 cm³/mol. The van der Waals surface area contributed by atoms with Crippen molar-refractivity contribution in [3.63, 3.8) is 0 Å². The molecule has 1 aliphatic carbocycles. The van der Waals surface area contributed by atoms with E-state index in [-0.39, 0.29) is 0 Å². The van der Waals surface area contributed by atoms with E-state index in [0.29, 0.717) is 17.1 Å². The highest BCUT2D eigenvalue weighted by Gasteiger charge is 2.32. The van der Waals surface area contributed by atoms with Gasteiger partial charge in [0.2, 0.25) is 0 Å². The van der Waals surface area contributed by atoms with E-state index in [2.05, 4.69) is 20.8 Å². The smallest absolute Gasteiger partial charge is 0.368 e. The molecule has 1 fully saturated rings. The molecule has 2 N–H and O–H groups in total. The molecule has 0 aliphatic heterocycles. The lowest BCUT2D eigenvalue weighted by Crippen LogP contribution is -2.35. The van der Waals surface area contributed by atoms with Crippen molar-refractivity contribution >= 4 is 21.6 Å². The highest BCUT2D eigenvalue weighted by Crippen LogP contribution is 2.37. The fourth-order valence-corrected chi connectivity index (χ4v) is 3.50. The van der Waals surface area contributed by atoms with Crippen molar-refractivity contribution in [1.29, 1.82) is 0 Å². The van der Waals surface area contributed by atoms with E-state index in [9.17, 15) is 13.2 Å². The summed E-state index contributed by atoms with van der Waals surface area (Å²) in [6.07, 6.45) is 1.08. The first-order valence-corrected chi connectivity index (χ1v) is 8.06. The van der Waals surface area contributed by atoms with Crippen LogP contribution in [0.3, 0.4) is 0 Å². The van der Waals surface area contributed by atoms with Crippen molar-refractivity contribution in [2.45, 2.75) is 44.3 Å². The summed E-state index contributed by atoms with van der Waals surface area (Å²) in [6.45, 7) is 1.37. The van der Waals surface area contributed by atoms with Crippen LogP contribution in [0.15, 0.2) is 22.7 Å². The second kappa shape index (κ2) is 7.01. The molecule has 0 spiro atoms. The van der Waals surface area contributed by atoms with Crippen molar-refractivity contribution < 1.29 is 13.2 Å². The average Bonchev–Trinajstić information content (AvgIpc) is 2.93. The molecule has 0 amide bonds. The van der Waals surface area contributed by atoms with Crippen LogP contribution < -0.4 is 10.6 Å². The fourth-order valence-electron chi connectivity index (χ4n) is 2.89. The molecule has 1 aromatic rings. The Kier molecular flexibility index (Phi) is 5.54. The van der Waals surface area contributed by atoms with Gasteiger partial charge in [0.15, 0.2) is 0 Å². The van der Waals surface area contributed by atoms with Gasteiger partial charge >= 0.3 is 6.18 Å². The Balaban J connectivity index is 2.26. The topological polar surface area (TPSA) is 29.3 Å². The van der Waals surface area contributed by atoms with Crippen LogP contribution in [-0.2, 0) is 6.18 Å². The van der Waals surface area contributed by atoms with E-state index in [1.807, 2.05) is 0 Å². The highest BCUT2D eigenvalue weighted by atomic mass is 79.9. The number of alkyl halides is 3. The molecule has 2 nitrogen and oxygen atoms in total. The molecular formula is C15H20BrF3N2. The number of rotatable bonds is 5. The van der Waals surface area contributed by atoms with Gasteiger partial charge in [0, 0.05) is 17.1 Å². The Morgan fingerprint density at radius 2 is 1.90 bits per heavy atom. The second-order valence-electron chi connectivity index (χ2n) is 5.44. The van der Waals surface area contributed by atoms with Gasteiger partial charge in [-0.15, -0.1) is 0 Å². The number of nitrogens with two attached hydrogens (primary N) is 1. The van der Waals surface area contributed by atoms with Crippen LogP contribution in [0.25, 0.3) is 0 Å². The van der Waals surface area contributed by atoms with E-state index in [1.165, 1.54) is 18.9 Å². The summed E-state index contributed by atoms with van der Waals surface area (Å²) in [4.78, 5) is 2.21. The average molecular weight is 365 g/mol. The number of benzene rings is 1. The minimum absolute atomic E-state index is 0.407. The molecule has 0 bridgehead atoms. The third-order valence-electron chi connectivity index (χ3n) is 3.95. The zero-order chi connectivity index (χ0) is 15.5. The normalized spacial score (nSPS) is 16.4. The van der Waals surface area contributed by atoms with Crippen LogP contribution in [-0.4, -0.2) is 19.1 Å². The molecule has 21 heavy (non-hydrogen) atoms. The van der Waals surface area contributed by atoms with Gasteiger partial charge in [0.05, 0.1) is 11.3 Å². The summed E-state index contributed by atoms with van der Waals surface area (Å²) < 4.78 is 38.8. The summed E-state index contributed by atoms with van der Waals surface area (Å²) in [5, 5.41) is 0.